The normalized spacial score (nSPS) is 12.0. The van der Waals surface area contributed by atoms with Crippen LogP contribution in [0, 0.1) is 0 Å². The number of esters is 1. The maximum atomic E-state index is 13.5. The summed E-state index contributed by atoms with van der Waals surface area (Å²) in [6.07, 6.45) is 5.16. The van der Waals surface area contributed by atoms with Crippen LogP contribution in [0.4, 0.5) is 5.69 Å². The molecule has 2 heterocycles. The molecule has 39 heavy (non-hydrogen) atoms. The molecule has 1 unspecified atom stereocenters. The molecule has 1 atom stereocenters. The Morgan fingerprint density at radius 1 is 1.03 bits per heavy atom. The van der Waals surface area contributed by atoms with Gasteiger partial charge in [-0.25, -0.2) is 4.79 Å². The van der Waals surface area contributed by atoms with E-state index in [4.69, 9.17) is 16.3 Å². The largest absolute Gasteiger partial charge is 0.456 e. The molecular weight excluding hydrogens is 582 g/mol. The van der Waals surface area contributed by atoms with Gasteiger partial charge in [0, 0.05) is 46.3 Å². The van der Waals surface area contributed by atoms with E-state index in [1.165, 1.54) is 10.6 Å². The van der Waals surface area contributed by atoms with E-state index in [-0.39, 0.29) is 17.9 Å². The number of rotatable bonds is 7. The molecule has 4 aromatic rings. The zero-order valence-electron chi connectivity index (χ0n) is 21.7. The number of amides is 1. The SMILES string of the molecule is CC(C)(C)OC(=O)c1ccc(NC(=O)C(Cc2ccncc2)n2ccc(-c3cc(Cl)ccc3Br)cc2=O)cc1. The van der Waals surface area contributed by atoms with Gasteiger partial charge < -0.3 is 14.6 Å². The smallest absolute Gasteiger partial charge is 0.338 e. The number of anilines is 1. The Hall–Kier alpha value is -3.75. The summed E-state index contributed by atoms with van der Waals surface area (Å²) in [7, 11) is 0. The molecule has 0 saturated carbocycles. The van der Waals surface area contributed by atoms with Crippen LogP contribution in [-0.4, -0.2) is 27.0 Å². The average molecular weight is 609 g/mol. The molecule has 2 aromatic carbocycles. The first kappa shape index (κ1) is 28.3. The van der Waals surface area contributed by atoms with Crippen molar-refractivity contribution in [2.45, 2.75) is 38.8 Å². The highest BCUT2D eigenvalue weighted by Crippen LogP contribution is 2.30. The summed E-state index contributed by atoms with van der Waals surface area (Å²) in [5, 5.41) is 3.42. The van der Waals surface area contributed by atoms with E-state index >= 15 is 0 Å². The van der Waals surface area contributed by atoms with Crippen LogP contribution in [0.15, 0.2) is 94.6 Å². The van der Waals surface area contributed by atoms with Gasteiger partial charge in [0.2, 0.25) is 5.91 Å². The number of hydrogen-bond donors (Lipinski definition) is 1. The van der Waals surface area contributed by atoms with Gasteiger partial charge in [0.25, 0.3) is 5.56 Å². The van der Waals surface area contributed by atoms with Gasteiger partial charge in [0.05, 0.1) is 5.56 Å². The first-order valence-corrected chi connectivity index (χ1v) is 13.4. The van der Waals surface area contributed by atoms with E-state index in [2.05, 4.69) is 26.2 Å². The monoisotopic (exact) mass is 607 g/mol. The van der Waals surface area contributed by atoms with Gasteiger partial charge >= 0.3 is 5.97 Å². The molecule has 0 aliphatic rings. The third kappa shape index (κ3) is 7.43. The standard InChI is InChI=1S/C30H27BrClN3O4/c1-30(2,3)39-29(38)20-4-7-23(8-5-20)34-28(37)26(16-19-10-13-33-14-11-19)35-15-12-21(17-27(35)36)24-18-22(32)6-9-25(24)31/h4-15,17-18,26H,16H2,1-3H3,(H,34,37). The molecular formula is C30H27BrClN3O4. The van der Waals surface area contributed by atoms with E-state index in [9.17, 15) is 14.4 Å². The second kappa shape index (κ2) is 12.0. The minimum Gasteiger partial charge on any atom is -0.456 e. The van der Waals surface area contributed by atoms with E-state index in [1.807, 2.05) is 6.07 Å². The van der Waals surface area contributed by atoms with Crippen LogP contribution in [0.3, 0.4) is 0 Å². The number of aromatic nitrogens is 2. The highest BCUT2D eigenvalue weighted by atomic mass is 79.9. The van der Waals surface area contributed by atoms with Crippen LogP contribution < -0.4 is 10.9 Å². The molecule has 0 fully saturated rings. The van der Waals surface area contributed by atoms with Gasteiger partial charge in [0.15, 0.2) is 0 Å². The molecule has 9 heteroatoms. The van der Waals surface area contributed by atoms with Crippen LogP contribution in [-0.2, 0) is 16.0 Å². The maximum Gasteiger partial charge on any atom is 0.338 e. The van der Waals surface area contributed by atoms with Gasteiger partial charge in [-0.05, 0) is 98.1 Å². The summed E-state index contributed by atoms with van der Waals surface area (Å²) >= 11 is 9.67. The number of halogens is 2. The van der Waals surface area contributed by atoms with Crippen LogP contribution in [0.2, 0.25) is 5.02 Å². The number of nitrogens with zero attached hydrogens (tertiary/aromatic N) is 2. The molecule has 0 aliphatic carbocycles. The number of nitrogens with one attached hydrogen (secondary N) is 1. The van der Waals surface area contributed by atoms with Crippen LogP contribution in [0.5, 0.6) is 0 Å². The lowest BCUT2D eigenvalue weighted by Crippen LogP contribution is -2.34. The molecule has 4 rings (SSSR count). The topological polar surface area (TPSA) is 90.3 Å². The minimum atomic E-state index is -0.845. The lowest BCUT2D eigenvalue weighted by molar-refractivity contribution is -0.119. The highest BCUT2D eigenvalue weighted by molar-refractivity contribution is 9.10. The molecule has 0 spiro atoms. The zero-order chi connectivity index (χ0) is 28.2. The first-order chi connectivity index (χ1) is 18.5. The Morgan fingerprint density at radius 3 is 2.36 bits per heavy atom. The Kier molecular flexibility index (Phi) is 8.67. The van der Waals surface area contributed by atoms with Crippen LogP contribution in [0.25, 0.3) is 11.1 Å². The molecule has 200 valence electrons. The number of ether oxygens (including phenoxy) is 1. The van der Waals surface area contributed by atoms with E-state index in [0.717, 1.165) is 15.6 Å². The van der Waals surface area contributed by atoms with Crippen molar-refractivity contribution in [3.8, 4) is 11.1 Å². The van der Waals surface area contributed by atoms with Crippen LogP contribution >= 0.6 is 27.5 Å². The van der Waals surface area contributed by atoms with Crippen molar-refractivity contribution in [3.63, 3.8) is 0 Å². The van der Waals surface area contributed by atoms with Gasteiger partial charge in [-0.1, -0.05) is 27.5 Å². The summed E-state index contributed by atoms with van der Waals surface area (Å²) in [6.45, 7) is 5.39. The number of carbonyl (C=O) groups excluding carboxylic acids is 2. The first-order valence-electron chi connectivity index (χ1n) is 12.2. The third-order valence-corrected chi connectivity index (χ3v) is 6.72. The quantitative estimate of drug-likeness (QED) is 0.236. The fourth-order valence-electron chi connectivity index (χ4n) is 3.95. The molecule has 0 saturated heterocycles. The molecule has 1 amide bonds. The molecule has 2 aromatic heterocycles. The lowest BCUT2D eigenvalue weighted by Gasteiger charge is -2.21. The van der Waals surface area contributed by atoms with Gasteiger partial charge in [-0.15, -0.1) is 0 Å². The molecule has 0 aliphatic heterocycles. The molecule has 0 radical (unpaired) electrons. The number of carbonyl (C=O) groups is 2. The summed E-state index contributed by atoms with van der Waals surface area (Å²) < 4.78 is 7.60. The minimum absolute atomic E-state index is 0.268. The highest BCUT2D eigenvalue weighted by Gasteiger charge is 2.23. The Labute approximate surface area is 239 Å². The lowest BCUT2D eigenvalue weighted by atomic mass is 10.0. The van der Waals surface area contributed by atoms with Gasteiger partial charge in [0.1, 0.15) is 11.6 Å². The van der Waals surface area contributed by atoms with E-state index in [1.54, 1.807) is 94.0 Å². The van der Waals surface area contributed by atoms with Crippen molar-refractivity contribution in [1.29, 1.82) is 0 Å². The second-order valence-electron chi connectivity index (χ2n) is 9.93. The third-order valence-electron chi connectivity index (χ3n) is 5.79. The van der Waals surface area contributed by atoms with E-state index < -0.39 is 17.6 Å². The van der Waals surface area contributed by atoms with Crippen molar-refractivity contribution in [2.75, 3.05) is 5.32 Å². The molecule has 7 nitrogen and oxygen atoms in total. The van der Waals surface area contributed by atoms with Gasteiger partial charge in [-0.3, -0.25) is 14.6 Å². The summed E-state index contributed by atoms with van der Waals surface area (Å²) in [6, 6.07) is 17.8. The maximum absolute atomic E-state index is 13.5. The van der Waals surface area contributed by atoms with Crippen molar-refractivity contribution < 1.29 is 14.3 Å². The average Bonchev–Trinajstić information content (AvgIpc) is 2.89. The zero-order valence-corrected chi connectivity index (χ0v) is 24.0. The Bertz CT molecular complexity index is 1550. The predicted octanol–water partition coefficient (Wildman–Crippen LogP) is 6.70. The second-order valence-corrected chi connectivity index (χ2v) is 11.2. The fraction of sp³-hybridized carbons (Fsp3) is 0.200. The molecule has 1 N–H and O–H groups in total. The predicted molar refractivity (Wildman–Crippen MR) is 156 cm³/mol. The Morgan fingerprint density at radius 2 is 1.72 bits per heavy atom. The summed E-state index contributed by atoms with van der Waals surface area (Å²) in [5.74, 6) is -0.829. The summed E-state index contributed by atoms with van der Waals surface area (Å²) in [4.78, 5) is 43.2. The van der Waals surface area contributed by atoms with Crippen molar-refractivity contribution in [2.24, 2.45) is 0 Å². The van der Waals surface area contributed by atoms with Crippen molar-refractivity contribution >= 4 is 45.1 Å². The number of hydrogen-bond acceptors (Lipinski definition) is 5. The number of pyridine rings is 2. The number of benzene rings is 2. The Balaban J connectivity index is 1.62. The molecule has 0 bridgehead atoms. The summed E-state index contributed by atoms with van der Waals surface area (Å²) in [5.41, 5.74) is 2.19. The fourth-order valence-corrected chi connectivity index (χ4v) is 4.59. The van der Waals surface area contributed by atoms with Gasteiger partial charge in [-0.2, -0.15) is 0 Å². The van der Waals surface area contributed by atoms with Crippen LogP contribution in [0.1, 0.15) is 42.7 Å². The van der Waals surface area contributed by atoms with Crippen molar-refractivity contribution in [3.05, 3.63) is 116 Å². The van der Waals surface area contributed by atoms with Crippen molar-refractivity contribution in [1.82, 2.24) is 9.55 Å². The van der Waals surface area contributed by atoms with E-state index in [0.29, 0.717) is 21.8 Å².